The van der Waals surface area contributed by atoms with E-state index in [0.717, 1.165) is 17.7 Å². The van der Waals surface area contributed by atoms with Crippen molar-refractivity contribution < 1.29 is 14.3 Å². The number of nitrogens with zero attached hydrogens (tertiary/aromatic N) is 4. The van der Waals surface area contributed by atoms with Crippen LogP contribution in [-0.4, -0.2) is 33.2 Å². The lowest BCUT2D eigenvalue weighted by molar-refractivity contribution is -0.119. The lowest BCUT2D eigenvalue weighted by atomic mass is 10.1. The van der Waals surface area contributed by atoms with E-state index >= 15 is 0 Å². The molecule has 8 heteroatoms. The van der Waals surface area contributed by atoms with Crippen molar-refractivity contribution in [1.82, 2.24) is 14.9 Å². The number of carbonyl (C=O) groups excluding carboxylic acids is 2. The van der Waals surface area contributed by atoms with Crippen LogP contribution in [0.4, 0.5) is 0 Å². The van der Waals surface area contributed by atoms with Crippen LogP contribution >= 0.6 is 11.8 Å². The second-order valence-electron chi connectivity index (χ2n) is 6.93. The first-order valence-corrected chi connectivity index (χ1v) is 11.3. The number of hydrogen-bond acceptors (Lipinski definition) is 6. The molecule has 0 atom stereocenters. The van der Waals surface area contributed by atoms with Crippen molar-refractivity contribution in [1.29, 1.82) is 0 Å². The average Bonchev–Trinajstić information content (AvgIpc) is 3.16. The lowest BCUT2D eigenvalue weighted by Crippen LogP contribution is -2.43. The molecule has 0 saturated heterocycles. The number of allylic oxidation sites excluding steroid dienone is 1. The molecule has 0 N–H and O–H groups in total. The van der Waals surface area contributed by atoms with Crippen LogP contribution in [0.1, 0.15) is 64.8 Å². The van der Waals surface area contributed by atoms with Gasteiger partial charge in [0.2, 0.25) is 11.1 Å². The minimum Gasteiger partial charge on any atom is -0.494 e. The number of benzene rings is 1. The molecular weight excluding hydrogens is 400 g/mol. The molecule has 2 aromatic rings. The second kappa shape index (κ2) is 9.93. The Kier molecular flexibility index (Phi) is 7.31. The Morgan fingerprint density at radius 2 is 1.70 bits per heavy atom. The molecule has 7 nitrogen and oxygen atoms in total. The van der Waals surface area contributed by atoms with Crippen molar-refractivity contribution in [2.45, 2.75) is 65.0 Å². The monoisotopic (exact) mass is 428 g/mol. The van der Waals surface area contributed by atoms with Gasteiger partial charge < -0.3 is 4.74 Å². The van der Waals surface area contributed by atoms with Crippen molar-refractivity contribution in [2.75, 3.05) is 11.6 Å². The van der Waals surface area contributed by atoms with Gasteiger partial charge in [0.05, 0.1) is 17.2 Å². The van der Waals surface area contributed by atoms with Gasteiger partial charge in [0.1, 0.15) is 5.75 Å². The van der Waals surface area contributed by atoms with Gasteiger partial charge in [0.25, 0.3) is 0 Å². The van der Waals surface area contributed by atoms with Gasteiger partial charge >= 0.3 is 0 Å². The number of hydrogen-bond donors (Lipinski definition) is 0. The zero-order valence-electron chi connectivity index (χ0n) is 18.0. The predicted molar refractivity (Wildman–Crippen MR) is 118 cm³/mol. The third-order valence-electron chi connectivity index (χ3n) is 4.68. The number of fused-ring (bicyclic) bond motifs is 1. The van der Waals surface area contributed by atoms with Gasteiger partial charge in [0, 0.05) is 24.8 Å². The van der Waals surface area contributed by atoms with E-state index in [2.05, 4.69) is 10.2 Å². The highest BCUT2D eigenvalue weighted by molar-refractivity contribution is 8.04. The molecule has 1 amide bonds. The van der Waals surface area contributed by atoms with Crippen molar-refractivity contribution in [3.05, 3.63) is 40.6 Å². The molecule has 1 aromatic heterocycles. The minimum atomic E-state index is -0.0840. The van der Waals surface area contributed by atoms with E-state index in [-0.39, 0.29) is 11.7 Å². The zero-order chi connectivity index (χ0) is 21.7. The number of thioether (sulfide) groups is 1. The van der Waals surface area contributed by atoms with Crippen LogP contribution in [0.2, 0.25) is 0 Å². The van der Waals surface area contributed by atoms with Crippen molar-refractivity contribution in [3.8, 4) is 5.75 Å². The Balaban J connectivity index is 2.21. The quantitative estimate of drug-likeness (QED) is 0.591. The minimum absolute atomic E-state index is 0.00739. The number of aryl methyl sites for hydroxylation is 1. The van der Waals surface area contributed by atoms with Crippen LogP contribution < -0.4 is 9.75 Å². The summed E-state index contributed by atoms with van der Waals surface area (Å²) in [5, 5.41) is 10.7. The lowest BCUT2D eigenvalue weighted by Gasteiger charge is -2.33. The van der Waals surface area contributed by atoms with Crippen LogP contribution in [0.5, 0.6) is 5.75 Å². The third-order valence-corrected chi connectivity index (χ3v) is 5.74. The maximum absolute atomic E-state index is 13.3. The molecule has 0 spiro atoms. The number of amides is 1. The number of ketones is 1. The molecule has 1 aliphatic rings. The average molecular weight is 429 g/mol. The maximum atomic E-state index is 13.3. The maximum Gasteiger partial charge on any atom is 0.246 e. The summed E-state index contributed by atoms with van der Waals surface area (Å²) in [5.41, 5.74) is 1.39. The molecule has 1 aliphatic heterocycles. The van der Waals surface area contributed by atoms with Gasteiger partial charge in [-0.3, -0.25) is 9.59 Å². The third kappa shape index (κ3) is 4.28. The smallest absolute Gasteiger partial charge is 0.246 e. The van der Waals surface area contributed by atoms with Gasteiger partial charge in [-0.25, -0.2) is 9.69 Å². The number of aromatic nitrogens is 3. The van der Waals surface area contributed by atoms with Crippen LogP contribution in [0.15, 0.2) is 34.3 Å². The van der Waals surface area contributed by atoms with Crippen LogP contribution in [0.25, 0.3) is 5.70 Å². The first-order chi connectivity index (χ1) is 14.5. The van der Waals surface area contributed by atoms with Crippen molar-refractivity contribution in [3.63, 3.8) is 0 Å². The fourth-order valence-corrected chi connectivity index (χ4v) is 4.39. The molecule has 0 radical (unpaired) electrons. The van der Waals surface area contributed by atoms with Gasteiger partial charge in [-0.15, -0.1) is 10.2 Å². The summed E-state index contributed by atoms with van der Waals surface area (Å²) in [5.74, 6) is 1.36. The number of rotatable bonds is 9. The summed E-state index contributed by atoms with van der Waals surface area (Å²) in [7, 11) is 0. The van der Waals surface area contributed by atoms with Crippen LogP contribution in [0, 0.1) is 0 Å². The molecule has 0 aliphatic carbocycles. The van der Waals surface area contributed by atoms with Gasteiger partial charge in [-0.1, -0.05) is 20.8 Å². The Morgan fingerprint density at radius 1 is 1.00 bits per heavy atom. The fraction of sp³-hybridized carbons (Fsp3) is 0.455. The van der Waals surface area contributed by atoms with E-state index in [1.165, 1.54) is 11.8 Å². The highest BCUT2D eigenvalue weighted by Crippen LogP contribution is 2.41. The summed E-state index contributed by atoms with van der Waals surface area (Å²) < 4.78 is 7.32. The molecule has 0 saturated carbocycles. The van der Waals surface area contributed by atoms with Crippen molar-refractivity contribution in [2.24, 2.45) is 0 Å². The van der Waals surface area contributed by atoms with E-state index in [0.29, 0.717) is 53.9 Å². The number of carbonyl (C=O) groups is 2. The topological polar surface area (TPSA) is 77.3 Å². The Hall–Kier alpha value is -2.61. The summed E-state index contributed by atoms with van der Waals surface area (Å²) in [4.78, 5) is 26.9. The van der Waals surface area contributed by atoms with Crippen LogP contribution in [-0.2, 0) is 16.0 Å². The molecule has 30 heavy (non-hydrogen) atoms. The fourth-order valence-electron chi connectivity index (χ4n) is 3.33. The predicted octanol–water partition coefficient (Wildman–Crippen LogP) is 4.35. The first-order valence-electron chi connectivity index (χ1n) is 10.5. The largest absolute Gasteiger partial charge is 0.494 e. The SMILES string of the molecule is CCCC(=O)C1=C(c2ccc(OCC)cc2)N(C(=O)CCC)n2c(CC)nnc2S1. The second-order valence-corrected chi connectivity index (χ2v) is 7.91. The first kappa shape index (κ1) is 22.1. The van der Waals surface area contributed by atoms with Gasteiger partial charge in [-0.2, -0.15) is 0 Å². The zero-order valence-corrected chi connectivity index (χ0v) is 18.8. The molecular formula is C22H28N4O3S. The van der Waals surface area contributed by atoms with Crippen molar-refractivity contribution >= 4 is 29.1 Å². The standard InChI is InChI=1S/C22H28N4O3S/c1-5-9-17(27)21-20(15-11-13-16(14-12-15)29-8-4)26(19(28)10-6-2)25-18(7-3)23-24-22(25)30-21/h11-14H,5-10H2,1-4H3. The van der Waals surface area contributed by atoms with E-state index in [4.69, 9.17) is 4.74 Å². The molecule has 3 rings (SSSR count). The molecule has 2 heterocycles. The summed E-state index contributed by atoms with van der Waals surface area (Å²) in [6.07, 6.45) is 2.83. The summed E-state index contributed by atoms with van der Waals surface area (Å²) in [6.45, 7) is 8.42. The normalized spacial score (nSPS) is 13.4. The molecule has 160 valence electrons. The van der Waals surface area contributed by atoms with Gasteiger partial charge in [0.15, 0.2) is 11.6 Å². The Bertz CT molecular complexity index is 950. The summed E-state index contributed by atoms with van der Waals surface area (Å²) in [6, 6.07) is 7.52. The van der Waals surface area contributed by atoms with Crippen LogP contribution in [0.3, 0.4) is 0 Å². The van der Waals surface area contributed by atoms with E-state index in [1.807, 2.05) is 52.0 Å². The summed E-state index contributed by atoms with van der Waals surface area (Å²) >= 11 is 1.29. The number of ether oxygens (including phenoxy) is 1. The molecule has 0 bridgehead atoms. The van der Waals surface area contributed by atoms with E-state index < -0.39 is 0 Å². The highest BCUT2D eigenvalue weighted by atomic mass is 32.2. The Morgan fingerprint density at radius 3 is 2.30 bits per heavy atom. The number of Topliss-reactive ketones (excluding diaryl/α,β-unsaturated/α-hetero) is 1. The Labute approximate surface area is 181 Å². The van der Waals surface area contributed by atoms with E-state index in [1.54, 1.807) is 9.69 Å². The molecule has 0 fully saturated rings. The van der Waals surface area contributed by atoms with E-state index in [9.17, 15) is 9.59 Å². The molecule has 1 aromatic carbocycles. The highest BCUT2D eigenvalue weighted by Gasteiger charge is 2.36. The van der Waals surface area contributed by atoms with Gasteiger partial charge in [-0.05, 0) is 55.8 Å². The molecule has 0 unspecified atom stereocenters.